The monoisotopic (exact) mass is 408 g/mol. The summed E-state index contributed by atoms with van der Waals surface area (Å²) < 4.78 is 11.8. The number of carbonyl (C=O) groups is 1. The highest BCUT2D eigenvalue weighted by molar-refractivity contribution is 9.11. The van der Waals surface area contributed by atoms with Gasteiger partial charge in [-0.2, -0.15) is 0 Å². The molecular formula is C20H25BrO4. The molecule has 136 valence electrons. The minimum absolute atomic E-state index is 0.184. The summed E-state index contributed by atoms with van der Waals surface area (Å²) in [6.07, 6.45) is 5.01. The fourth-order valence-corrected chi connectivity index (χ4v) is 3.46. The van der Waals surface area contributed by atoms with E-state index >= 15 is 0 Å². The molecule has 4 nitrogen and oxygen atoms in total. The lowest BCUT2D eigenvalue weighted by molar-refractivity contribution is -0.142. The molecule has 0 unspecified atom stereocenters. The van der Waals surface area contributed by atoms with E-state index in [-0.39, 0.29) is 18.1 Å². The topological polar surface area (TPSA) is 55.8 Å². The first-order valence-corrected chi connectivity index (χ1v) is 9.34. The molecule has 0 spiro atoms. The number of aryl methyl sites for hydroxylation is 1. The average Bonchev–Trinajstić information content (AvgIpc) is 3.01. The van der Waals surface area contributed by atoms with Crippen molar-refractivity contribution in [1.82, 2.24) is 0 Å². The van der Waals surface area contributed by atoms with Gasteiger partial charge in [0.2, 0.25) is 0 Å². The van der Waals surface area contributed by atoms with Crippen molar-refractivity contribution >= 4 is 21.9 Å². The first-order chi connectivity index (χ1) is 11.8. The van der Waals surface area contributed by atoms with E-state index in [1.54, 1.807) is 19.9 Å². The van der Waals surface area contributed by atoms with Gasteiger partial charge in [0.15, 0.2) is 0 Å². The van der Waals surface area contributed by atoms with Crippen LogP contribution < -0.4 is 4.74 Å². The van der Waals surface area contributed by atoms with Crippen LogP contribution in [0.15, 0.2) is 28.1 Å². The molecule has 0 amide bonds. The lowest BCUT2D eigenvalue weighted by atomic mass is 9.97. The largest absolute Gasteiger partial charge is 0.511 e. The highest BCUT2D eigenvalue weighted by atomic mass is 79.9. The molecule has 1 N–H and O–H groups in total. The van der Waals surface area contributed by atoms with E-state index in [0.29, 0.717) is 16.8 Å². The predicted molar refractivity (Wildman–Crippen MR) is 102 cm³/mol. The second-order valence-electron chi connectivity index (χ2n) is 6.26. The summed E-state index contributed by atoms with van der Waals surface area (Å²) in [6.45, 7) is 7.69. The van der Waals surface area contributed by atoms with Gasteiger partial charge in [-0.3, -0.25) is 4.79 Å². The number of rotatable bonds is 6. The van der Waals surface area contributed by atoms with Crippen LogP contribution in [0.2, 0.25) is 0 Å². The van der Waals surface area contributed by atoms with Crippen LogP contribution in [0.4, 0.5) is 0 Å². The number of benzene rings is 1. The second-order valence-corrected chi connectivity index (χ2v) is 7.12. The van der Waals surface area contributed by atoms with Gasteiger partial charge in [0.05, 0.1) is 17.5 Å². The Bertz CT molecular complexity index is 728. The van der Waals surface area contributed by atoms with Gasteiger partial charge in [0.25, 0.3) is 0 Å². The molecule has 25 heavy (non-hydrogen) atoms. The quantitative estimate of drug-likeness (QED) is 0.406. The van der Waals surface area contributed by atoms with Crippen molar-refractivity contribution in [3.05, 3.63) is 50.4 Å². The fourth-order valence-electron chi connectivity index (χ4n) is 3.14. The van der Waals surface area contributed by atoms with Gasteiger partial charge >= 0.3 is 5.97 Å². The SMILES string of the molecule is CCOC(=O)Cc1cc(C)c2c(c1OC(C)=C/C(Br)=C(\C)O)CCC2. The maximum Gasteiger partial charge on any atom is 0.310 e. The lowest BCUT2D eigenvalue weighted by Gasteiger charge is -2.18. The molecule has 0 saturated heterocycles. The summed E-state index contributed by atoms with van der Waals surface area (Å²) in [5.41, 5.74) is 4.56. The zero-order chi connectivity index (χ0) is 18.6. The number of esters is 1. The first-order valence-electron chi connectivity index (χ1n) is 8.54. The lowest BCUT2D eigenvalue weighted by Crippen LogP contribution is -2.10. The van der Waals surface area contributed by atoms with Crippen LogP contribution in [0.5, 0.6) is 5.75 Å². The zero-order valence-corrected chi connectivity index (χ0v) is 16.8. The molecule has 0 radical (unpaired) electrons. The molecule has 0 bridgehead atoms. The molecular weight excluding hydrogens is 384 g/mol. The van der Waals surface area contributed by atoms with Crippen LogP contribution in [0.3, 0.4) is 0 Å². The van der Waals surface area contributed by atoms with E-state index in [9.17, 15) is 9.90 Å². The number of halogens is 1. The molecule has 0 fully saturated rings. The Morgan fingerprint density at radius 3 is 2.64 bits per heavy atom. The normalized spacial score (nSPS) is 14.8. The van der Waals surface area contributed by atoms with Gasteiger partial charge in [0, 0.05) is 5.56 Å². The summed E-state index contributed by atoms with van der Waals surface area (Å²) in [6, 6.07) is 2.03. The summed E-state index contributed by atoms with van der Waals surface area (Å²) >= 11 is 3.31. The highest BCUT2D eigenvalue weighted by Crippen LogP contribution is 2.37. The maximum absolute atomic E-state index is 12.0. The fraction of sp³-hybridized carbons (Fsp3) is 0.450. The Morgan fingerprint density at radius 1 is 1.32 bits per heavy atom. The molecule has 0 aromatic heterocycles. The molecule has 1 aliphatic rings. The van der Waals surface area contributed by atoms with E-state index in [1.165, 1.54) is 16.7 Å². The average molecular weight is 409 g/mol. The Balaban J connectivity index is 2.42. The van der Waals surface area contributed by atoms with Crippen LogP contribution in [0.25, 0.3) is 0 Å². The van der Waals surface area contributed by atoms with Crippen LogP contribution in [-0.2, 0) is 28.8 Å². The first kappa shape index (κ1) is 19.6. The molecule has 0 atom stereocenters. The van der Waals surface area contributed by atoms with Crippen LogP contribution in [0.1, 0.15) is 49.4 Å². The van der Waals surface area contributed by atoms with E-state index < -0.39 is 0 Å². The minimum Gasteiger partial charge on any atom is -0.511 e. The molecule has 1 aromatic carbocycles. The summed E-state index contributed by atoms with van der Waals surface area (Å²) in [7, 11) is 0. The molecule has 0 aliphatic heterocycles. The highest BCUT2D eigenvalue weighted by Gasteiger charge is 2.23. The summed E-state index contributed by atoms with van der Waals surface area (Å²) in [4.78, 5) is 12.0. The van der Waals surface area contributed by atoms with Gasteiger partial charge in [-0.25, -0.2) is 0 Å². The number of fused-ring (bicyclic) bond motifs is 1. The van der Waals surface area contributed by atoms with Crippen molar-refractivity contribution in [2.24, 2.45) is 0 Å². The Labute approximate surface area is 157 Å². The van der Waals surface area contributed by atoms with Crippen molar-refractivity contribution in [1.29, 1.82) is 0 Å². The maximum atomic E-state index is 12.0. The molecule has 2 rings (SSSR count). The summed E-state index contributed by atoms with van der Waals surface area (Å²) in [5, 5.41) is 9.53. The van der Waals surface area contributed by atoms with Crippen LogP contribution in [0, 0.1) is 6.92 Å². The molecule has 0 saturated carbocycles. The van der Waals surface area contributed by atoms with E-state index in [0.717, 1.165) is 30.6 Å². The zero-order valence-electron chi connectivity index (χ0n) is 15.2. The minimum atomic E-state index is -0.251. The molecule has 0 heterocycles. The molecule has 1 aromatic rings. The van der Waals surface area contributed by atoms with Gasteiger partial charge < -0.3 is 14.6 Å². The van der Waals surface area contributed by atoms with Gasteiger partial charge in [-0.05, 0) is 85.7 Å². The van der Waals surface area contributed by atoms with Crippen molar-refractivity contribution in [3.63, 3.8) is 0 Å². The Hall–Kier alpha value is -1.75. The third-order valence-electron chi connectivity index (χ3n) is 4.23. The number of aliphatic hydroxyl groups is 1. The Morgan fingerprint density at radius 2 is 2.00 bits per heavy atom. The molecule has 5 heteroatoms. The summed E-state index contributed by atoms with van der Waals surface area (Å²) in [5.74, 6) is 1.33. The van der Waals surface area contributed by atoms with Crippen molar-refractivity contribution in [3.8, 4) is 5.75 Å². The van der Waals surface area contributed by atoms with E-state index in [4.69, 9.17) is 9.47 Å². The number of ether oxygens (including phenoxy) is 2. The van der Waals surface area contributed by atoms with Crippen molar-refractivity contribution in [2.45, 2.75) is 53.4 Å². The van der Waals surface area contributed by atoms with Crippen molar-refractivity contribution < 1.29 is 19.4 Å². The number of carbonyl (C=O) groups excluding carboxylic acids is 1. The van der Waals surface area contributed by atoms with Gasteiger partial charge in [0.1, 0.15) is 17.3 Å². The third-order valence-corrected chi connectivity index (χ3v) is 5.03. The number of allylic oxidation sites excluding steroid dienone is 4. The second kappa shape index (κ2) is 8.56. The van der Waals surface area contributed by atoms with Crippen LogP contribution in [-0.4, -0.2) is 17.7 Å². The van der Waals surface area contributed by atoms with E-state index in [1.807, 2.05) is 13.0 Å². The van der Waals surface area contributed by atoms with Gasteiger partial charge in [-0.1, -0.05) is 6.07 Å². The number of aliphatic hydroxyl groups excluding tert-OH is 1. The standard InChI is InChI=1S/C20H25BrO4/c1-5-24-19(23)11-15-9-12(2)16-7-6-8-17(16)20(15)25-13(3)10-18(21)14(4)22/h9-10,22H,5-8,11H2,1-4H3/b13-10?,18-14-. The van der Waals surface area contributed by atoms with E-state index in [2.05, 4.69) is 22.9 Å². The van der Waals surface area contributed by atoms with Gasteiger partial charge in [-0.15, -0.1) is 0 Å². The molecule has 1 aliphatic carbocycles. The number of hydrogen-bond donors (Lipinski definition) is 1. The third kappa shape index (κ3) is 4.88. The van der Waals surface area contributed by atoms with Crippen LogP contribution >= 0.6 is 15.9 Å². The Kier molecular flexibility index (Phi) is 6.71. The number of hydrogen-bond acceptors (Lipinski definition) is 4. The predicted octanol–water partition coefficient (Wildman–Crippen LogP) is 5.06. The van der Waals surface area contributed by atoms with Crippen molar-refractivity contribution in [2.75, 3.05) is 6.61 Å². The smallest absolute Gasteiger partial charge is 0.310 e.